The van der Waals surface area contributed by atoms with Crippen LogP contribution in [0.15, 0.2) is 60.7 Å². The maximum atomic E-state index is 13.6. The number of hydrogen-bond acceptors (Lipinski definition) is 6. The first-order chi connectivity index (χ1) is 18.0. The van der Waals surface area contributed by atoms with Crippen LogP contribution < -0.4 is 16.4 Å². The van der Waals surface area contributed by atoms with E-state index < -0.39 is 0 Å². The van der Waals surface area contributed by atoms with Gasteiger partial charge in [0.05, 0.1) is 29.4 Å². The van der Waals surface area contributed by atoms with Gasteiger partial charge in [0.15, 0.2) is 0 Å². The summed E-state index contributed by atoms with van der Waals surface area (Å²) in [4.78, 5) is 31.7. The maximum Gasteiger partial charge on any atom is 0.255 e. The Balaban J connectivity index is 1.54. The van der Waals surface area contributed by atoms with Crippen LogP contribution in [0.4, 0.5) is 10.2 Å². The lowest BCUT2D eigenvalue weighted by atomic mass is 10.0. The molecule has 37 heavy (non-hydrogen) atoms. The average molecular weight is 501 g/mol. The molecule has 2 amide bonds. The zero-order valence-electron chi connectivity index (χ0n) is 20.4. The number of anilines is 1. The minimum atomic E-state index is -0.326. The Bertz CT molecular complexity index is 1320. The van der Waals surface area contributed by atoms with Crippen LogP contribution in [0, 0.1) is 17.1 Å². The molecule has 2 aromatic carbocycles. The van der Waals surface area contributed by atoms with Crippen molar-refractivity contribution < 1.29 is 14.0 Å². The van der Waals surface area contributed by atoms with Gasteiger partial charge in [-0.2, -0.15) is 5.26 Å². The van der Waals surface area contributed by atoms with Gasteiger partial charge in [0.25, 0.3) is 5.91 Å². The van der Waals surface area contributed by atoms with Crippen LogP contribution in [0.1, 0.15) is 34.3 Å². The number of hydrogen-bond donors (Lipinski definition) is 3. The number of aromatic nitrogens is 1. The van der Waals surface area contributed by atoms with Crippen LogP contribution in [0.25, 0.3) is 11.3 Å². The molecule has 4 N–H and O–H groups in total. The minimum Gasteiger partial charge on any atom is -0.369 e. The smallest absolute Gasteiger partial charge is 0.255 e. The van der Waals surface area contributed by atoms with Gasteiger partial charge in [-0.3, -0.25) is 9.59 Å². The van der Waals surface area contributed by atoms with Gasteiger partial charge in [-0.25, -0.2) is 9.37 Å². The molecule has 9 heteroatoms. The molecular formula is C28H29FN6O2. The first-order valence-corrected chi connectivity index (χ1v) is 12.3. The Hall–Kier alpha value is -4.29. The van der Waals surface area contributed by atoms with Gasteiger partial charge in [0.2, 0.25) is 5.91 Å². The fourth-order valence-electron chi connectivity index (χ4n) is 4.55. The quantitative estimate of drug-likeness (QED) is 0.415. The number of amides is 2. The molecule has 3 aromatic rings. The Morgan fingerprint density at radius 1 is 1.16 bits per heavy atom. The second-order valence-corrected chi connectivity index (χ2v) is 8.85. The second-order valence-electron chi connectivity index (χ2n) is 8.85. The number of likely N-dealkylation sites (tertiary alicyclic amines) is 1. The van der Waals surface area contributed by atoms with Gasteiger partial charge in [0.1, 0.15) is 11.6 Å². The number of nitrogens with two attached hydrogens (primary N) is 1. The topological polar surface area (TPSA) is 124 Å². The highest BCUT2D eigenvalue weighted by Gasteiger charge is 2.28. The summed E-state index contributed by atoms with van der Waals surface area (Å²) in [5.74, 6) is -0.396. The average Bonchev–Trinajstić information content (AvgIpc) is 3.40. The van der Waals surface area contributed by atoms with Crippen molar-refractivity contribution in [2.75, 3.05) is 31.5 Å². The summed E-state index contributed by atoms with van der Waals surface area (Å²) in [5, 5.41) is 15.7. The van der Waals surface area contributed by atoms with Crippen LogP contribution in [0.5, 0.6) is 0 Å². The van der Waals surface area contributed by atoms with Gasteiger partial charge in [-0.15, -0.1) is 0 Å². The van der Waals surface area contributed by atoms with E-state index in [2.05, 4.69) is 21.7 Å². The highest BCUT2D eigenvalue weighted by molar-refractivity contribution is 5.99. The number of carbonyl (C=O) groups is 2. The zero-order chi connectivity index (χ0) is 26.2. The molecule has 2 heterocycles. The SMILES string of the molecule is N#Cc1ccccc1-c1ccc(C(=O)NC[C@H]2CCCN2C(=O)CN)c(NCCc2cccc(F)c2)n1. The molecule has 0 unspecified atom stereocenters. The van der Waals surface area contributed by atoms with Gasteiger partial charge >= 0.3 is 0 Å². The number of pyridine rings is 1. The van der Waals surface area contributed by atoms with E-state index in [4.69, 9.17) is 5.73 Å². The number of benzene rings is 2. The number of carbonyl (C=O) groups excluding carboxylic acids is 2. The molecule has 190 valence electrons. The zero-order valence-corrected chi connectivity index (χ0v) is 20.4. The number of nitrogens with one attached hydrogen (secondary N) is 2. The van der Waals surface area contributed by atoms with Crippen LogP contribution >= 0.6 is 0 Å². The summed E-state index contributed by atoms with van der Waals surface area (Å²) in [6.07, 6.45) is 2.19. The van der Waals surface area contributed by atoms with Gasteiger partial charge in [-0.1, -0.05) is 30.3 Å². The van der Waals surface area contributed by atoms with E-state index in [1.165, 1.54) is 12.1 Å². The number of halogens is 1. The second kappa shape index (κ2) is 12.1. The van der Waals surface area contributed by atoms with Gasteiger partial charge in [-0.05, 0) is 55.2 Å². The standard InChI is InChI=1S/C28H29FN6O2/c29-21-7-3-5-19(15-21)12-13-32-27-24(10-11-25(34-27)23-9-2-1-6-20(23)16-30)28(37)33-18-22-8-4-14-35(22)26(36)17-31/h1-3,5-7,9-11,15,22H,4,8,12-14,17-18,31H2,(H,32,34)(H,33,37)/t22-/m1/s1. The summed E-state index contributed by atoms with van der Waals surface area (Å²) < 4.78 is 13.6. The third-order valence-corrected chi connectivity index (χ3v) is 6.43. The summed E-state index contributed by atoms with van der Waals surface area (Å²) >= 11 is 0. The molecule has 1 fully saturated rings. The molecule has 0 bridgehead atoms. The highest BCUT2D eigenvalue weighted by atomic mass is 19.1. The largest absolute Gasteiger partial charge is 0.369 e. The van der Waals surface area contributed by atoms with Crippen LogP contribution in [-0.2, 0) is 11.2 Å². The Labute approximate surface area is 215 Å². The monoisotopic (exact) mass is 500 g/mol. The molecule has 1 atom stereocenters. The van der Waals surface area contributed by atoms with Crippen molar-refractivity contribution in [1.29, 1.82) is 5.26 Å². The fraction of sp³-hybridized carbons (Fsp3) is 0.286. The van der Waals surface area contributed by atoms with Gasteiger partial charge < -0.3 is 21.3 Å². The Morgan fingerprint density at radius 3 is 2.78 bits per heavy atom. The molecule has 0 saturated carbocycles. The molecule has 1 aliphatic rings. The van der Waals surface area contributed by atoms with Crippen LogP contribution in [0.2, 0.25) is 0 Å². The number of nitriles is 1. The van der Waals surface area contributed by atoms with Crippen molar-refractivity contribution in [2.24, 2.45) is 5.73 Å². The number of rotatable bonds is 9. The first kappa shape index (κ1) is 25.8. The fourth-order valence-corrected chi connectivity index (χ4v) is 4.55. The van der Waals surface area contributed by atoms with E-state index in [1.807, 2.05) is 12.1 Å². The maximum absolute atomic E-state index is 13.6. The van der Waals surface area contributed by atoms with Crippen molar-refractivity contribution in [3.05, 3.63) is 83.2 Å². The molecule has 8 nitrogen and oxygen atoms in total. The van der Waals surface area contributed by atoms with Gasteiger partial charge in [0, 0.05) is 31.2 Å². The van der Waals surface area contributed by atoms with E-state index >= 15 is 0 Å². The molecule has 0 spiro atoms. The lowest BCUT2D eigenvalue weighted by Crippen LogP contribution is -2.45. The Morgan fingerprint density at radius 2 is 2.00 bits per heavy atom. The molecule has 1 saturated heterocycles. The molecule has 1 aliphatic heterocycles. The van der Waals surface area contributed by atoms with Crippen LogP contribution in [-0.4, -0.2) is 53.9 Å². The van der Waals surface area contributed by atoms with E-state index in [0.29, 0.717) is 54.3 Å². The first-order valence-electron chi connectivity index (χ1n) is 12.3. The molecule has 0 aliphatic carbocycles. The van der Waals surface area contributed by atoms with Crippen LogP contribution in [0.3, 0.4) is 0 Å². The van der Waals surface area contributed by atoms with Crippen molar-refractivity contribution in [3.63, 3.8) is 0 Å². The molecule has 0 radical (unpaired) electrons. The summed E-state index contributed by atoms with van der Waals surface area (Å²) in [7, 11) is 0. The normalized spacial score (nSPS) is 14.7. The minimum absolute atomic E-state index is 0.0562. The predicted molar refractivity (Wildman–Crippen MR) is 139 cm³/mol. The highest BCUT2D eigenvalue weighted by Crippen LogP contribution is 2.25. The predicted octanol–water partition coefficient (Wildman–Crippen LogP) is 3.09. The third kappa shape index (κ3) is 6.29. The summed E-state index contributed by atoms with van der Waals surface area (Å²) in [6, 6.07) is 18.9. The van der Waals surface area contributed by atoms with E-state index in [-0.39, 0.29) is 30.2 Å². The number of nitrogens with zero attached hydrogens (tertiary/aromatic N) is 3. The lowest BCUT2D eigenvalue weighted by molar-refractivity contribution is -0.130. The van der Waals surface area contributed by atoms with Crippen molar-refractivity contribution in [2.45, 2.75) is 25.3 Å². The Kier molecular flexibility index (Phi) is 8.44. The lowest BCUT2D eigenvalue weighted by Gasteiger charge is -2.24. The third-order valence-electron chi connectivity index (χ3n) is 6.43. The van der Waals surface area contributed by atoms with Crippen molar-refractivity contribution in [1.82, 2.24) is 15.2 Å². The molecular weight excluding hydrogens is 471 g/mol. The summed E-state index contributed by atoms with van der Waals surface area (Å²) in [5.41, 5.74) is 8.37. The van der Waals surface area contributed by atoms with E-state index in [0.717, 1.165) is 18.4 Å². The van der Waals surface area contributed by atoms with E-state index in [9.17, 15) is 19.2 Å². The van der Waals surface area contributed by atoms with E-state index in [1.54, 1.807) is 41.3 Å². The molecule has 1 aromatic heterocycles. The van der Waals surface area contributed by atoms with Crippen molar-refractivity contribution in [3.8, 4) is 17.3 Å². The summed E-state index contributed by atoms with van der Waals surface area (Å²) in [6.45, 7) is 1.31. The molecule has 4 rings (SSSR count). The van der Waals surface area contributed by atoms with Crippen molar-refractivity contribution >= 4 is 17.6 Å².